The van der Waals surface area contributed by atoms with Crippen molar-refractivity contribution >= 4 is 35.1 Å². The highest BCUT2D eigenvalue weighted by Gasteiger charge is 2.17. The number of nitrogens with zero attached hydrogens (tertiary/aromatic N) is 3. The van der Waals surface area contributed by atoms with E-state index in [1.165, 1.54) is 10.8 Å². The van der Waals surface area contributed by atoms with Crippen LogP contribution in [0, 0.1) is 18.3 Å². The van der Waals surface area contributed by atoms with E-state index < -0.39 is 5.56 Å². The van der Waals surface area contributed by atoms with E-state index >= 15 is 0 Å². The minimum absolute atomic E-state index is 0.00273. The molecule has 0 radical (unpaired) electrons. The second kappa shape index (κ2) is 8.88. The number of hydrogen-bond acceptors (Lipinski definition) is 4. The molecule has 7 heteroatoms. The summed E-state index contributed by atoms with van der Waals surface area (Å²) in [6.45, 7) is 4.00. The van der Waals surface area contributed by atoms with Crippen LogP contribution >= 0.6 is 23.2 Å². The zero-order valence-electron chi connectivity index (χ0n) is 14.6. The summed E-state index contributed by atoms with van der Waals surface area (Å²) in [5, 5.41) is 20.8. The molecule has 0 amide bonds. The Bertz CT molecular complexity index is 943. The van der Waals surface area contributed by atoms with E-state index in [9.17, 15) is 15.2 Å². The average molecular weight is 392 g/mol. The molecule has 0 aliphatic rings. The van der Waals surface area contributed by atoms with E-state index in [0.29, 0.717) is 33.4 Å². The van der Waals surface area contributed by atoms with E-state index in [0.717, 1.165) is 19.3 Å². The lowest BCUT2D eigenvalue weighted by Gasteiger charge is -2.13. The number of rotatable bonds is 6. The van der Waals surface area contributed by atoms with Crippen molar-refractivity contribution in [3.05, 3.63) is 55.3 Å². The summed E-state index contributed by atoms with van der Waals surface area (Å²) in [5.74, 6) is -0.198. The van der Waals surface area contributed by atoms with Gasteiger partial charge < -0.3 is 5.11 Å². The number of nitriles is 1. The Morgan fingerprint density at radius 2 is 2.08 bits per heavy atom. The number of aromatic hydroxyl groups is 1. The maximum Gasteiger partial charge on any atom is 0.271 e. The van der Waals surface area contributed by atoms with Crippen molar-refractivity contribution in [2.24, 2.45) is 4.99 Å². The first-order chi connectivity index (χ1) is 12.4. The van der Waals surface area contributed by atoms with Gasteiger partial charge in [0.15, 0.2) is 0 Å². The number of aliphatic imine (C=N–C) groups is 1. The van der Waals surface area contributed by atoms with Gasteiger partial charge in [0.2, 0.25) is 5.88 Å². The topological polar surface area (TPSA) is 78.4 Å². The molecule has 2 rings (SSSR count). The second-order valence-electron chi connectivity index (χ2n) is 5.87. The number of benzene rings is 1. The van der Waals surface area contributed by atoms with Crippen molar-refractivity contribution in [2.45, 2.75) is 39.7 Å². The molecule has 5 nitrogen and oxygen atoms in total. The van der Waals surface area contributed by atoms with Crippen LogP contribution in [0.4, 0.5) is 5.69 Å². The quantitative estimate of drug-likeness (QED) is 0.556. The van der Waals surface area contributed by atoms with Crippen molar-refractivity contribution < 1.29 is 5.11 Å². The van der Waals surface area contributed by atoms with Crippen molar-refractivity contribution in [3.8, 4) is 11.9 Å². The van der Waals surface area contributed by atoms with Gasteiger partial charge in [-0.3, -0.25) is 14.4 Å². The van der Waals surface area contributed by atoms with Crippen LogP contribution in [0.25, 0.3) is 0 Å². The smallest absolute Gasteiger partial charge is 0.271 e. The number of hydrogen-bond donors (Lipinski definition) is 1. The monoisotopic (exact) mass is 391 g/mol. The molecular formula is C19H19Cl2N3O2. The highest BCUT2D eigenvalue weighted by molar-refractivity contribution is 6.36. The molecule has 1 aromatic heterocycles. The standard InChI is InChI=1S/C19H19Cl2N3O2/c1-3-4-5-8-24-18(25)14(10-22)12(2)15(19(24)26)11-23-17-7-6-13(20)9-16(17)21/h6-7,9,11,26H,3-5,8H2,1-2H3. The summed E-state index contributed by atoms with van der Waals surface area (Å²) in [6, 6.07) is 6.79. The molecular weight excluding hydrogens is 373 g/mol. The van der Waals surface area contributed by atoms with Crippen LogP contribution in [0.2, 0.25) is 10.0 Å². The fourth-order valence-electron chi connectivity index (χ4n) is 2.57. The first-order valence-electron chi connectivity index (χ1n) is 8.26. The van der Waals surface area contributed by atoms with Gasteiger partial charge in [-0.25, -0.2) is 0 Å². The van der Waals surface area contributed by atoms with Gasteiger partial charge in [0.1, 0.15) is 11.6 Å². The molecule has 0 aliphatic heterocycles. The van der Waals surface area contributed by atoms with Crippen LogP contribution in [-0.4, -0.2) is 15.9 Å². The van der Waals surface area contributed by atoms with Crippen molar-refractivity contribution in [1.82, 2.24) is 4.57 Å². The maximum atomic E-state index is 12.5. The predicted molar refractivity (Wildman–Crippen MR) is 105 cm³/mol. The molecule has 0 spiro atoms. The van der Waals surface area contributed by atoms with Crippen LogP contribution in [0.1, 0.15) is 42.9 Å². The zero-order chi connectivity index (χ0) is 19.3. The third kappa shape index (κ3) is 4.27. The molecule has 1 heterocycles. The van der Waals surface area contributed by atoms with Crippen LogP contribution in [-0.2, 0) is 6.54 Å². The van der Waals surface area contributed by atoms with Gasteiger partial charge in [-0.2, -0.15) is 5.26 Å². The Morgan fingerprint density at radius 1 is 1.35 bits per heavy atom. The number of halogens is 2. The molecule has 0 saturated carbocycles. The summed E-state index contributed by atoms with van der Waals surface area (Å²) >= 11 is 12.0. The summed E-state index contributed by atoms with van der Waals surface area (Å²) in [6.07, 6.45) is 4.05. The highest BCUT2D eigenvalue weighted by Crippen LogP contribution is 2.28. The lowest BCUT2D eigenvalue weighted by Crippen LogP contribution is -2.25. The largest absolute Gasteiger partial charge is 0.494 e. The van der Waals surface area contributed by atoms with Gasteiger partial charge in [0, 0.05) is 17.8 Å². The Morgan fingerprint density at radius 3 is 2.69 bits per heavy atom. The molecule has 0 saturated heterocycles. The first-order valence-corrected chi connectivity index (χ1v) is 9.01. The minimum Gasteiger partial charge on any atom is -0.494 e. The molecule has 26 heavy (non-hydrogen) atoms. The van der Waals surface area contributed by atoms with Crippen LogP contribution < -0.4 is 5.56 Å². The molecule has 0 aliphatic carbocycles. The van der Waals surface area contributed by atoms with Crippen LogP contribution in [0.3, 0.4) is 0 Å². The number of aromatic nitrogens is 1. The summed E-state index contributed by atoms with van der Waals surface area (Å²) in [5.41, 5.74) is 0.694. The van der Waals surface area contributed by atoms with Gasteiger partial charge in [0.25, 0.3) is 5.56 Å². The van der Waals surface area contributed by atoms with E-state index in [2.05, 4.69) is 4.99 Å². The molecule has 0 unspecified atom stereocenters. The minimum atomic E-state index is -0.486. The predicted octanol–water partition coefficient (Wildman–Crippen LogP) is 4.98. The Kier molecular flexibility index (Phi) is 6.84. The average Bonchev–Trinajstić information content (AvgIpc) is 2.60. The fraction of sp³-hybridized carbons (Fsp3) is 0.316. The maximum absolute atomic E-state index is 12.5. The van der Waals surface area contributed by atoms with Crippen molar-refractivity contribution in [1.29, 1.82) is 5.26 Å². The summed E-state index contributed by atoms with van der Waals surface area (Å²) in [7, 11) is 0. The highest BCUT2D eigenvalue weighted by atomic mass is 35.5. The summed E-state index contributed by atoms with van der Waals surface area (Å²) in [4.78, 5) is 16.7. The fourth-order valence-corrected chi connectivity index (χ4v) is 3.03. The van der Waals surface area contributed by atoms with E-state index in [-0.39, 0.29) is 11.4 Å². The molecule has 1 aromatic carbocycles. The summed E-state index contributed by atoms with van der Waals surface area (Å²) < 4.78 is 1.23. The van der Waals surface area contributed by atoms with Gasteiger partial charge in [-0.05, 0) is 37.1 Å². The van der Waals surface area contributed by atoms with Crippen molar-refractivity contribution in [3.63, 3.8) is 0 Å². The lowest BCUT2D eigenvalue weighted by atomic mass is 10.1. The van der Waals surface area contributed by atoms with Crippen LogP contribution in [0.5, 0.6) is 5.88 Å². The van der Waals surface area contributed by atoms with Gasteiger partial charge >= 0.3 is 0 Å². The normalized spacial score (nSPS) is 11.0. The van der Waals surface area contributed by atoms with E-state index in [1.54, 1.807) is 25.1 Å². The molecule has 0 atom stereocenters. The molecule has 1 N–H and O–H groups in total. The third-order valence-electron chi connectivity index (χ3n) is 4.07. The first kappa shape index (κ1) is 20.0. The Hall–Kier alpha value is -2.29. The Balaban J connectivity index is 2.53. The van der Waals surface area contributed by atoms with Gasteiger partial charge in [-0.1, -0.05) is 43.0 Å². The van der Waals surface area contributed by atoms with E-state index in [4.69, 9.17) is 23.2 Å². The number of unbranched alkanes of at least 4 members (excludes halogenated alkanes) is 2. The van der Waals surface area contributed by atoms with Gasteiger partial charge in [0.05, 0.1) is 16.3 Å². The van der Waals surface area contributed by atoms with Crippen molar-refractivity contribution in [2.75, 3.05) is 0 Å². The Labute approximate surface area is 162 Å². The number of pyridine rings is 1. The molecule has 0 fully saturated rings. The van der Waals surface area contributed by atoms with Gasteiger partial charge in [-0.15, -0.1) is 0 Å². The van der Waals surface area contributed by atoms with Crippen LogP contribution in [0.15, 0.2) is 28.0 Å². The SMILES string of the molecule is CCCCCn1c(O)c(C=Nc2ccc(Cl)cc2Cl)c(C)c(C#N)c1=O. The second-order valence-corrected chi connectivity index (χ2v) is 6.71. The molecule has 0 bridgehead atoms. The third-order valence-corrected chi connectivity index (χ3v) is 4.61. The van der Waals surface area contributed by atoms with E-state index in [1.807, 2.05) is 13.0 Å². The lowest BCUT2D eigenvalue weighted by molar-refractivity contribution is 0.398. The molecule has 2 aromatic rings. The zero-order valence-corrected chi connectivity index (χ0v) is 16.1. The molecule has 136 valence electrons.